The molecule has 0 bridgehead atoms. The molecule has 0 aliphatic heterocycles. The fraction of sp³-hybridized carbons (Fsp3) is 0.200. The van der Waals surface area contributed by atoms with Crippen LogP contribution < -0.4 is 10.3 Å². The Kier molecular flexibility index (Phi) is 7.21. The summed E-state index contributed by atoms with van der Waals surface area (Å²) in [5, 5.41) is 0. The monoisotopic (exact) mass is 502 g/mol. The van der Waals surface area contributed by atoms with E-state index in [-0.39, 0.29) is 12.2 Å². The van der Waals surface area contributed by atoms with Crippen LogP contribution in [-0.2, 0) is 19.1 Å². The van der Waals surface area contributed by atoms with E-state index in [0.717, 1.165) is 34.7 Å². The fourth-order valence-electron chi connectivity index (χ4n) is 4.27. The molecular formula is C30H25F3N2O2. The molecule has 0 N–H and O–H groups in total. The highest BCUT2D eigenvalue weighted by Gasteiger charge is 2.36. The van der Waals surface area contributed by atoms with Gasteiger partial charge >= 0.3 is 6.18 Å². The Morgan fingerprint density at radius 2 is 1.65 bits per heavy atom. The molecule has 7 heteroatoms. The first kappa shape index (κ1) is 25.8. The van der Waals surface area contributed by atoms with Gasteiger partial charge in [0.15, 0.2) is 0 Å². The van der Waals surface area contributed by atoms with E-state index in [4.69, 9.17) is 11.3 Å². The molecule has 188 valence electrons. The van der Waals surface area contributed by atoms with Crippen molar-refractivity contribution in [3.05, 3.63) is 122 Å². The van der Waals surface area contributed by atoms with Crippen molar-refractivity contribution in [3.63, 3.8) is 0 Å². The lowest BCUT2D eigenvalue weighted by Crippen LogP contribution is -2.25. The van der Waals surface area contributed by atoms with E-state index in [1.54, 1.807) is 24.3 Å². The van der Waals surface area contributed by atoms with Crippen LogP contribution in [0.25, 0.3) is 16.1 Å². The minimum absolute atomic E-state index is 0.0308. The molecule has 0 saturated heterocycles. The van der Waals surface area contributed by atoms with E-state index in [9.17, 15) is 18.0 Å². The molecule has 0 aliphatic rings. The first-order valence-electron chi connectivity index (χ1n) is 11.8. The summed E-state index contributed by atoms with van der Waals surface area (Å²) in [6, 6.07) is 20.7. The zero-order chi connectivity index (χ0) is 26.7. The number of hydrogen-bond acceptors (Lipinski definition) is 2. The lowest BCUT2D eigenvalue weighted by Gasteiger charge is -2.19. The smallest absolute Gasteiger partial charge is 0.407 e. The molecule has 0 atom stereocenters. The summed E-state index contributed by atoms with van der Waals surface area (Å²) in [6.45, 7) is 13.2. The lowest BCUT2D eigenvalue weighted by atomic mass is 10.0. The zero-order valence-electron chi connectivity index (χ0n) is 20.7. The molecule has 0 radical (unpaired) electrons. The van der Waals surface area contributed by atoms with Crippen LogP contribution in [0.5, 0.6) is 11.5 Å². The number of aryl methyl sites for hydroxylation is 3. The maximum Gasteiger partial charge on any atom is 0.407 e. The topological polar surface area (TPSA) is 35.6 Å². The van der Waals surface area contributed by atoms with Gasteiger partial charge in [-0.1, -0.05) is 48.9 Å². The Morgan fingerprint density at radius 3 is 2.27 bits per heavy atom. The number of rotatable bonds is 6. The molecule has 3 aromatic carbocycles. The molecule has 37 heavy (non-hydrogen) atoms. The Hall–Kier alpha value is -4.31. The fourth-order valence-corrected chi connectivity index (χ4v) is 4.27. The highest BCUT2D eigenvalue weighted by molar-refractivity contribution is 5.67. The van der Waals surface area contributed by atoms with E-state index in [2.05, 4.69) is 4.85 Å². The molecule has 4 nitrogen and oxygen atoms in total. The Balaban J connectivity index is 1.83. The minimum Gasteiger partial charge on any atom is -0.457 e. The molecule has 1 heterocycles. The lowest BCUT2D eigenvalue weighted by molar-refractivity contribution is -0.136. The molecule has 0 aliphatic carbocycles. The van der Waals surface area contributed by atoms with E-state index < -0.39 is 23.0 Å². The van der Waals surface area contributed by atoms with Crippen molar-refractivity contribution >= 4 is 5.69 Å². The molecule has 4 rings (SSSR count). The van der Waals surface area contributed by atoms with E-state index in [1.807, 2.05) is 63.2 Å². The van der Waals surface area contributed by atoms with Crippen LogP contribution in [0.2, 0.25) is 0 Å². The van der Waals surface area contributed by atoms with Crippen molar-refractivity contribution in [1.29, 1.82) is 0 Å². The van der Waals surface area contributed by atoms with Crippen molar-refractivity contribution in [2.45, 2.75) is 39.9 Å². The van der Waals surface area contributed by atoms with E-state index in [1.165, 1.54) is 4.57 Å². The molecule has 0 unspecified atom stereocenters. The molecule has 1 aromatic heterocycles. The number of nitrogens with zero attached hydrogens (tertiary/aromatic N) is 2. The number of alkyl halides is 3. The van der Waals surface area contributed by atoms with Crippen molar-refractivity contribution in [1.82, 2.24) is 4.57 Å². The van der Waals surface area contributed by atoms with Crippen LogP contribution in [0.15, 0.2) is 77.6 Å². The van der Waals surface area contributed by atoms with Crippen LogP contribution >= 0.6 is 0 Å². The van der Waals surface area contributed by atoms with Gasteiger partial charge in [0.2, 0.25) is 0 Å². The van der Waals surface area contributed by atoms with Crippen molar-refractivity contribution in [3.8, 4) is 22.8 Å². The minimum atomic E-state index is -4.85. The predicted octanol–water partition coefficient (Wildman–Crippen LogP) is 8.10. The van der Waals surface area contributed by atoms with Crippen LogP contribution in [0.4, 0.5) is 18.9 Å². The number of aromatic nitrogens is 1. The number of halogens is 3. The standard InChI is InChI=1S/C30H25F3N2O2/c1-5-21-8-6-7-9-27(21)37-24-14-12-22(13-15-24)26-17-25(30(31,32)33)28(34-4)29(36)35(26)18-23-11-10-19(2)16-20(23)3/h6-17H,5,18H2,1-3H3. The number of ether oxygens (including phenoxy) is 1. The van der Waals surface area contributed by atoms with Gasteiger partial charge in [-0.2, -0.15) is 13.2 Å². The van der Waals surface area contributed by atoms with Crippen LogP contribution in [-0.4, -0.2) is 4.57 Å². The summed E-state index contributed by atoms with van der Waals surface area (Å²) in [6.07, 6.45) is -4.06. The summed E-state index contributed by atoms with van der Waals surface area (Å²) in [5.74, 6) is 1.21. The summed E-state index contributed by atoms with van der Waals surface area (Å²) >= 11 is 0. The molecule has 0 spiro atoms. The highest BCUT2D eigenvalue weighted by atomic mass is 19.4. The number of para-hydroxylation sites is 1. The average molecular weight is 503 g/mol. The van der Waals surface area contributed by atoms with Gasteiger partial charge in [-0.15, -0.1) is 0 Å². The van der Waals surface area contributed by atoms with Crippen molar-refractivity contribution in [2.24, 2.45) is 0 Å². The zero-order valence-corrected chi connectivity index (χ0v) is 20.7. The van der Waals surface area contributed by atoms with Gasteiger partial charge < -0.3 is 9.30 Å². The molecular weight excluding hydrogens is 477 g/mol. The quantitative estimate of drug-likeness (QED) is 0.250. The second-order valence-corrected chi connectivity index (χ2v) is 8.81. The molecule has 0 fully saturated rings. The number of benzene rings is 3. The Labute approximate surface area is 213 Å². The van der Waals surface area contributed by atoms with Gasteiger partial charge in [0.25, 0.3) is 11.2 Å². The third-order valence-electron chi connectivity index (χ3n) is 6.25. The Bertz CT molecular complexity index is 1550. The third kappa shape index (κ3) is 5.44. The maximum atomic E-state index is 13.8. The van der Waals surface area contributed by atoms with Crippen LogP contribution in [0.3, 0.4) is 0 Å². The van der Waals surface area contributed by atoms with Gasteiger partial charge in [-0.3, -0.25) is 4.79 Å². The third-order valence-corrected chi connectivity index (χ3v) is 6.25. The average Bonchev–Trinajstić information content (AvgIpc) is 2.86. The van der Waals surface area contributed by atoms with Crippen LogP contribution in [0.1, 0.15) is 34.7 Å². The van der Waals surface area contributed by atoms with Gasteiger partial charge in [-0.25, -0.2) is 4.85 Å². The first-order chi connectivity index (χ1) is 17.6. The van der Waals surface area contributed by atoms with Crippen LogP contribution in [0, 0.1) is 20.4 Å². The predicted molar refractivity (Wildman–Crippen MR) is 138 cm³/mol. The van der Waals surface area contributed by atoms with E-state index in [0.29, 0.717) is 17.1 Å². The first-order valence-corrected chi connectivity index (χ1v) is 11.8. The summed E-state index contributed by atoms with van der Waals surface area (Å²) < 4.78 is 48.8. The summed E-state index contributed by atoms with van der Waals surface area (Å²) in [7, 11) is 0. The van der Waals surface area contributed by atoms with Gasteiger partial charge in [0.1, 0.15) is 11.5 Å². The van der Waals surface area contributed by atoms with Crippen molar-refractivity contribution < 1.29 is 17.9 Å². The maximum absolute atomic E-state index is 13.8. The van der Waals surface area contributed by atoms with Gasteiger partial charge in [-0.05, 0) is 78.9 Å². The Morgan fingerprint density at radius 1 is 0.946 bits per heavy atom. The normalized spacial score (nSPS) is 11.3. The number of hydrogen-bond donors (Lipinski definition) is 0. The van der Waals surface area contributed by atoms with Crippen molar-refractivity contribution in [2.75, 3.05) is 0 Å². The second kappa shape index (κ2) is 10.4. The van der Waals surface area contributed by atoms with Gasteiger partial charge in [0, 0.05) is 5.69 Å². The SMILES string of the molecule is [C-]#[N+]c1c(C(F)(F)F)cc(-c2ccc(Oc3ccccc3CC)cc2)n(Cc2ccc(C)cc2C)c1=O. The largest absolute Gasteiger partial charge is 0.457 e. The summed E-state index contributed by atoms with van der Waals surface area (Å²) in [5.41, 5.74) is 1.07. The highest BCUT2D eigenvalue weighted by Crippen LogP contribution is 2.38. The molecule has 4 aromatic rings. The van der Waals surface area contributed by atoms with Gasteiger partial charge in [0.05, 0.1) is 18.7 Å². The van der Waals surface area contributed by atoms with E-state index >= 15 is 0 Å². The second-order valence-electron chi connectivity index (χ2n) is 8.81. The summed E-state index contributed by atoms with van der Waals surface area (Å²) in [4.78, 5) is 16.2. The molecule has 0 saturated carbocycles. The number of pyridine rings is 1. The molecule has 0 amide bonds.